The zero-order valence-electron chi connectivity index (χ0n) is 11.2. The lowest BCUT2D eigenvalue weighted by Crippen LogP contribution is -1.85. The van der Waals surface area contributed by atoms with Crippen LogP contribution in [0.5, 0.6) is 0 Å². The van der Waals surface area contributed by atoms with Gasteiger partial charge in [-0.1, -0.05) is 12.1 Å². The first-order valence-corrected chi connectivity index (χ1v) is 7.74. The summed E-state index contributed by atoms with van der Waals surface area (Å²) in [7, 11) is 0. The van der Waals surface area contributed by atoms with Crippen molar-refractivity contribution in [2.75, 3.05) is 0 Å². The number of aromatic amines is 1. The number of hydrogen-bond donors (Lipinski definition) is 1. The van der Waals surface area contributed by atoms with Gasteiger partial charge in [0.05, 0.1) is 27.3 Å². The monoisotopic (exact) mass is 292 g/mol. The van der Waals surface area contributed by atoms with Gasteiger partial charge in [-0.15, -0.1) is 11.3 Å². The number of thiazole rings is 1. The Morgan fingerprint density at radius 3 is 2.95 bits per heavy atom. The summed E-state index contributed by atoms with van der Waals surface area (Å²) >= 11 is 1.68. The first-order valence-electron chi connectivity index (χ1n) is 6.86. The number of rotatable bonds is 3. The highest BCUT2D eigenvalue weighted by molar-refractivity contribution is 7.09. The number of fused-ring (bicyclic) bond motifs is 1. The normalized spacial score (nSPS) is 15.3. The standard InChI is InChI=1S/C16H12N4S/c17-8-11(7-12-9-21-16(18-12)10-5-6-10)15-19-13-3-1-2-4-14(13)20-15/h1-4,7,9-10H,5-6H2,(H,19,20)/b11-7+. The van der Waals surface area contributed by atoms with Crippen LogP contribution in [0.25, 0.3) is 22.7 Å². The maximum atomic E-state index is 9.39. The largest absolute Gasteiger partial charge is 0.337 e. The molecule has 2 heterocycles. The number of para-hydroxylation sites is 2. The molecule has 1 aliphatic carbocycles. The molecule has 1 aliphatic rings. The molecule has 1 fully saturated rings. The van der Waals surface area contributed by atoms with Crippen molar-refractivity contribution >= 4 is 34.0 Å². The van der Waals surface area contributed by atoms with Gasteiger partial charge in [0, 0.05) is 11.3 Å². The Balaban J connectivity index is 1.72. The molecule has 5 heteroatoms. The van der Waals surface area contributed by atoms with Crippen molar-refractivity contribution in [1.82, 2.24) is 15.0 Å². The molecule has 1 saturated carbocycles. The van der Waals surface area contributed by atoms with E-state index in [-0.39, 0.29) is 0 Å². The minimum atomic E-state index is 0.513. The maximum absolute atomic E-state index is 9.39. The second-order valence-electron chi connectivity index (χ2n) is 5.16. The van der Waals surface area contributed by atoms with E-state index in [4.69, 9.17) is 0 Å². The van der Waals surface area contributed by atoms with Gasteiger partial charge in [-0.05, 0) is 31.1 Å². The highest BCUT2D eigenvalue weighted by Crippen LogP contribution is 2.41. The summed E-state index contributed by atoms with van der Waals surface area (Å²) in [6.45, 7) is 0. The number of hydrogen-bond acceptors (Lipinski definition) is 4. The predicted molar refractivity (Wildman–Crippen MR) is 83.7 cm³/mol. The summed E-state index contributed by atoms with van der Waals surface area (Å²) in [4.78, 5) is 12.2. The van der Waals surface area contributed by atoms with Crippen LogP contribution in [0.2, 0.25) is 0 Å². The number of nitrogens with zero attached hydrogens (tertiary/aromatic N) is 3. The van der Waals surface area contributed by atoms with Crippen LogP contribution in [0.3, 0.4) is 0 Å². The molecule has 2 aromatic heterocycles. The lowest BCUT2D eigenvalue weighted by Gasteiger charge is -1.91. The second kappa shape index (κ2) is 4.83. The zero-order valence-corrected chi connectivity index (χ0v) is 12.0. The lowest BCUT2D eigenvalue weighted by molar-refractivity contribution is 1.08. The fourth-order valence-corrected chi connectivity index (χ4v) is 3.22. The molecular weight excluding hydrogens is 280 g/mol. The van der Waals surface area contributed by atoms with Gasteiger partial charge < -0.3 is 4.98 Å². The lowest BCUT2D eigenvalue weighted by atomic mass is 10.2. The van der Waals surface area contributed by atoms with E-state index < -0.39 is 0 Å². The third-order valence-corrected chi connectivity index (χ3v) is 4.55. The Morgan fingerprint density at radius 1 is 1.33 bits per heavy atom. The fourth-order valence-electron chi connectivity index (χ4n) is 2.27. The second-order valence-corrected chi connectivity index (χ2v) is 6.05. The molecule has 0 amide bonds. The Morgan fingerprint density at radius 2 is 2.19 bits per heavy atom. The SMILES string of the molecule is N#C/C(=C\c1csc(C2CC2)n1)c1nc2ccccc2[nH]1. The molecule has 1 aromatic carbocycles. The molecule has 102 valence electrons. The number of nitriles is 1. The van der Waals surface area contributed by atoms with Gasteiger partial charge in [-0.25, -0.2) is 9.97 Å². The molecule has 0 bridgehead atoms. The highest BCUT2D eigenvalue weighted by Gasteiger charge is 2.26. The summed E-state index contributed by atoms with van der Waals surface area (Å²) in [5.74, 6) is 1.24. The van der Waals surface area contributed by atoms with Crippen molar-refractivity contribution < 1.29 is 0 Å². The van der Waals surface area contributed by atoms with Crippen LogP contribution >= 0.6 is 11.3 Å². The molecular formula is C16H12N4S. The first kappa shape index (κ1) is 12.3. The van der Waals surface area contributed by atoms with E-state index in [2.05, 4.69) is 21.0 Å². The van der Waals surface area contributed by atoms with E-state index in [1.807, 2.05) is 29.6 Å². The van der Waals surface area contributed by atoms with Crippen LogP contribution in [0.1, 0.15) is 35.3 Å². The van der Waals surface area contributed by atoms with Crippen LogP contribution in [0.15, 0.2) is 29.6 Å². The minimum Gasteiger partial charge on any atom is -0.337 e. The van der Waals surface area contributed by atoms with E-state index in [0.717, 1.165) is 16.7 Å². The molecule has 3 aromatic rings. The van der Waals surface area contributed by atoms with Gasteiger partial charge >= 0.3 is 0 Å². The maximum Gasteiger partial charge on any atom is 0.149 e. The highest BCUT2D eigenvalue weighted by atomic mass is 32.1. The van der Waals surface area contributed by atoms with Gasteiger partial charge in [0.25, 0.3) is 0 Å². The number of imidazole rings is 1. The van der Waals surface area contributed by atoms with E-state index >= 15 is 0 Å². The van der Waals surface area contributed by atoms with Crippen molar-refractivity contribution in [3.05, 3.63) is 46.2 Å². The third kappa shape index (κ3) is 2.34. The predicted octanol–water partition coefficient (Wildman–Crippen LogP) is 3.96. The summed E-state index contributed by atoms with van der Waals surface area (Å²) in [6.07, 6.45) is 4.29. The van der Waals surface area contributed by atoms with Gasteiger partial charge in [-0.2, -0.15) is 5.26 Å². The fraction of sp³-hybridized carbons (Fsp3) is 0.188. The molecule has 0 unspecified atom stereocenters. The number of aromatic nitrogens is 3. The van der Waals surface area contributed by atoms with Crippen LogP contribution in [0, 0.1) is 11.3 Å². The molecule has 0 aliphatic heterocycles. The van der Waals surface area contributed by atoms with Crippen molar-refractivity contribution in [2.24, 2.45) is 0 Å². The van der Waals surface area contributed by atoms with Crippen molar-refractivity contribution in [3.63, 3.8) is 0 Å². The molecule has 0 atom stereocenters. The molecule has 4 rings (SSSR count). The Kier molecular flexibility index (Phi) is 2.83. The Bertz CT molecular complexity index is 844. The van der Waals surface area contributed by atoms with Crippen molar-refractivity contribution in [2.45, 2.75) is 18.8 Å². The Hall–Kier alpha value is -2.45. The topological polar surface area (TPSA) is 65.4 Å². The zero-order chi connectivity index (χ0) is 14.2. The smallest absolute Gasteiger partial charge is 0.149 e. The summed E-state index contributed by atoms with van der Waals surface area (Å²) < 4.78 is 0. The number of allylic oxidation sites excluding steroid dienone is 1. The van der Waals surface area contributed by atoms with Crippen molar-refractivity contribution in [3.8, 4) is 6.07 Å². The molecule has 4 nitrogen and oxygen atoms in total. The minimum absolute atomic E-state index is 0.513. The van der Waals surface area contributed by atoms with Crippen molar-refractivity contribution in [1.29, 1.82) is 5.26 Å². The average molecular weight is 292 g/mol. The molecule has 0 spiro atoms. The quantitative estimate of drug-likeness (QED) is 0.743. The van der Waals surface area contributed by atoms with E-state index in [1.165, 1.54) is 17.8 Å². The van der Waals surface area contributed by atoms with Crippen LogP contribution in [0.4, 0.5) is 0 Å². The van der Waals surface area contributed by atoms with E-state index in [9.17, 15) is 5.26 Å². The molecule has 1 N–H and O–H groups in total. The summed E-state index contributed by atoms with van der Waals surface area (Å²) in [5.41, 5.74) is 3.16. The van der Waals surface area contributed by atoms with Crippen LogP contribution in [-0.4, -0.2) is 15.0 Å². The molecule has 0 radical (unpaired) electrons. The van der Waals surface area contributed by atoms with Gasteiger partial charge in [0.2, 0.25) is 0 Å². The van der Waals surface area contributed by atoms with Gasteiger partial charge in [0.1, 0.15) is 11.9 Å². The van der Waals surface area contributed by atoms with Gasteiger partial charge in [-0.3, -0.25) is 0 Å². The van der Waals surface area contributed by atoms with Crippen LogP contribution < -0.4 is 0 Å². The first-order chi connectivity index (χ1) is 10.3. The number of nitrogens with one attached hydrogen (secondary N) is 1. The number of benzene rings is 1. The summed E-state index contributed by atoms with van der Waals surface area (Å²) in [6, 6.07) is 9.98. The van der Waals surface area contributed by atoms with E-state index in [1.54, 1.807) is 17.4 Å². The molecule has 21 heavy (non-hydrogen) atoms. The number of H-pyrrole nitrogens is 1. The summed E-state index contributed by atoms with van der Waals surface area (Å²) in [5, 5.41) is 12.6. The Labute approximate surface area is 125 Å². The van der Waals surface area contributed by atoms with Gasteiger partial charge in [0.15, 0.2) is 0 Å². The van der Waals surface area contributed by atoms with Crippen LogP contribution in [-0.2, 0) is 0 Å². The third-order valence-electron chi connectivity index (χ3n) is 3.52. The van der Waals surface area contributed by atoms with E-state index in [0.29, 0.717) is 17.3 Å². The average Bonchev–Trinajstić information content (AvgIpc) is 3.10. The molecule has 0 saturated heterocycles.